The summed E-state index contributed by atoms with van der Waals surface area (Å²) in [6.45, 7) is 1.02. The molecular weight excluding hydrogens is 354 g/mol. The quantitative estimate of drug-likeness (QED) is 0.442. The number of rotatable bonds is 7. The lowest BCUT2D eigenvalue weighted by Gasteiger charge is -2.15. The lowest BCUT2D eigenvalue weighted by molar-refractivity contribution is -0.129. The van der Waals surface area contributed by atoms with E-state index in [1.54, 1.807) is 28.6 Å². The molecule has 0 bridgehead atoms. The van der Waals surface area contributed by atoms with Crippen molar-refractivity contribution in [1.29, 1.82) is 0 Å². The second-order valence-corrected chi connectivity index (χ2v) is 6.60. The maximum atomic E-state index is 13.4. The van der Waals surface area contributed by atoms with Crippen molar-refractivity contribution in [3.63, 3.8) is 0 Å². The van der Waals surface area contributed by atoms with Crippen molar-refractivity contribution in [2.45, 2.75) is 32.2 Å². The molecular formula is C20H20F2N2O3. The van der Waals surface area contributed by atoms with E-state index in [1.165, 1.54) is 12.1 Å². The van der Waals surface area contributed by atoms with Crippen molar-refractivity contribution in [3.05, 3.63) is 59.2 Å². The molecule has 0 radical (unpaired) electrons. The van der Waals surface area contributed by atoms with E-state index in [4.69, 9.17) is 5.21 Å². The van der Waals surface area contributed by atoms with E-state index in [-0.39, 0.29) is 12.3 Å². The molecule has 142 valence electrons. The first-order valence-electron chi connectivity index (χ1n) is 8.79. The Bertz CT molecular complexity index is 850. The fourth-order valence-electron chi connectivity index (χ4n) is 3.28. The van der Waals surface area contributed by atoms with Crippen molar-refractivity contribution in [1.82, 2.24) is 10.4 Å². The number of amides is 2. The van der Waals surface area contributed by atoms with Crippen molar-refractivity contribution < 1.29 is 23.6 Å². The summed E-state index contributed by atoms with van der Waals surface area (Å²) in [6.07, 6.45) is 2.40. The maximum absolute atomic E-state index is 13.4. The zero-order valence-corrected chi connectivity index (χ0v) is 14.7. The number of benzene rings is 2. The molecule has 1 aliphatic heterocycles. The van der Waals surface area contributed by atoms with Gasteiger partial charge in [-0.3, -0.25) is 14.8 Å². The number of hydroxylamine groups is 1. The van der Waals surface area contributed by atoms with Gasteiger partial charge in [0.1, 0.15) is 11.6 Å². The lowest BCUT2D eigenvalue weighted by atomic mass is 10.0. The number of nitrogens with one attached hydrogen (secondary N) is 1. The van der Waals surface area contributed by atoms with Crippen LogP contribution in [0.2, 0.25) is 0 Å². The van der Waals surface area contributed by atoms with E-state index in [0.29, 0.717) is 36.2 Å². The number of hydrogen-bond donors (Lipinski definition) is 2. The molecule has 2 aromatic rings. The molecule has 2 N–H and O–H groups in total. The van der Waals surface area contributed by atoms with Crippen molar-refractivity contribution in [2.24, 2.45) is 0 Å². The number of carbonyl (C=O) groups is 2. The number of nitrogens with zero attached hydrogens (tertiary/aromatic N) is 1. The Morgan fingerprint density at radius 3 is 2.48 bits per heavy atom. The second kappa shape index (κ2) is 8.26. The van der Waals surface area contributed by atoms with Crippen LogP contribution in [0.4, 0.5) is 8.78 Å². The van der Waals surface area contributed by atoms with Gasteiger partial charge in [-0.25, -0.2) is 14.3 Å². The summed E-state index contributed by atoms with van der Waals surface area (Å²) >= 11 is 0. The minimum absolute atomic E-state index is 0.0601. The molecule has 7 heteroatoms. The number of carbonyl (C=O) groups excluding carboxylic acids is 2. The molecule has 1 heterocycles. The van der Waals surface area contributed by atoms with E-state index < -0.39 is 17.5 Å². The van der Waals surface area contributed by atoms with E-state index >= 15 is 0 Å². The van der Waals surface area contributed by atoms with E-state index in [1.807, 2.05) is 0 Å². The van der Waals surface area contributed by atoms with Gasteiger partial charge >= 0.3 is 0 Å². The van der Waals surface area contributed by atoms with Gasteiger partial charge in [-0.1, -0.05) is 12.5 Å². The second-order valence-electron chi connectivity index (χ2n) is 6.60. The van der Waals surface area contributed by atoms with Crippen LogP contribution in [0.3, 0.4) is 0 Å². The first-order chi connectivity index (χ1) is 13.0. The third-order valence-electron chi connectivity index (χ3n) is 4.64. The molecule has 3 rings (SSSR count). The van der Waals surface area contributed by atoms with Gasteiger partial charge in [0.25, 0.3) is 5.91 Å². The molecule has 0 atom stereocenters. The first kappa shape index (κ1) is 19.0. The fourth-order valence-corrected chi connectivity index (χ4v) is 3.28. The molecule has 27 heavy (non-hydrogen) atoms. The Morgan fingerprint density at radius 1 is 1.04 bits per heavy atom. The molecule has 0 fully saturated rings. The Morgan fingerprint density at radius 2 is 1.78 bits per heavy atom. The predicted molar refractivity (Wildman–Crippen MR) is 94.9 cm³/mol. The maximum Gasteiger partial charge on any atom is 0.254 e. The average molecular weight is 374 g/mol. The molecule has 2 aromatic carbocycles. The van der Waals surface area contributed by atoms with Crippen LogP contribution in [-0.2, 0) is 11.3 Å². The van der Waals surface area contributed by atoms with Gasteiger partial charge < -0.3 is 4.90 Å². The predicted octanol–water partition coefficient (Wildman–Crippen LogP) is 3.65. The smallest absolute Gasteiger partial charge is 0.254 e. The van der Waals surface area contributed by atoms with E-state index in [2.05, 4.69) is 0 Å². The highest BCUT2D eigenvalue weighted by Crippen LogP contribution is 2.29. The largest absolute Gasteiger partial charge is 0.334 e. The number of fused-ring (bicyclic) bond motifs is 1. The standard InChI is InChI=1S/C20H20F2N2O3/c21-16-9-14(10-17(22)11-16)13-5-6-18-15(8-13)12-24(20(18)26)7-3-1-2-4-19(25)23-27/h5-6,8-11,27H,1-4,7,12H2,(H,23,25). The topological polar surface area (TPSA) is 69.6 Å². The van der Waals surface area contributed by atoms with Crippen molar-refractivity contribution >= 4 is 11.8 Å². The Hall–Kier alpha value is -2.80. The van der Waals surface area contributed by atoms with Crippen molar-refractivity contribution in [2.75, 3.05) is 6.54 Å². The van der Waals surface area contributed by atoms with Crippen molar-refractivity contribution in [3.8, 4) is 11.1 Å². The van der Waals surface area contributed by atoms with Crippen LogP contribution in [0, 0.1) is 11.6 Å². The van der Waals surface area contributed by atoms with E-state index in [9.17, 15) is 18.4 Å². The third kappa shape index (κ3) is 4.49. The molecule has 0 saturated carbocycles. The summed E-state index contributed by atoms with van der Waals surface area (Å²) in [5.41, 5.74) is 4.13. The fraction of sp³-hybridized carbons (Fsp3) is 0.300. The third-order valence-corrected chi connectivity index (χ3v) is 4.64. The molecule has 0 aromatic heterocycles. The first-order valence-corrected chi connectivity index (χ1v) is 8.79. The van der Waals surface area contributed by atoms with Gasteiger partial charge in [0.15, 0.2) is 0 Å². The Labute approximate surface area is 155 Å². The molecule has 1 aliphatic rings. The molecule has 0 saturated heterocycles. The summed E-state index contributed by atoms with van der Waals surface area (Å²) in [6, 6.07) is 8.55. The van der Waals surface area contributed by atoms with Crippen LogP contribution in [-0.4, -0.2) is 28.5 Å². The highest BCUT2D eigenvalue weighted by Gasteiger charge is 2.27. The monoisotopic (exact) mass is 374 g/mol. The van der Waals surface area contributed by atoms with Gasteiger partial charge in [0.05, 0.1) is 0 Å². The molecule has 0 aliphatic carbocycles. The van der Waals surface area contributed by atoms with Crippen LogP contribution in [0.5, 0.6) is 0 Å². The van der Waals surface area contributed by atoms with Gasteiger partial charge in [-0.15, -0.1) is 0 Å². The highest BCUT2D eigenvalue weighted by molar-refractivity contribution is 5.99. The van der Waals surface area contributed by atoms with Gasteiger partial charge in [-0.05, 0) is 53.8 Å². The molecule has 0 unspecified atom stereocenters. The lowest BCUT2D eigenvalue weighted by Crippen LogP contribution is -2.25. The Kier molecular flexibility index (Phi) is 5.81. The zero-order valence-electron chi connectivity index (χ0n) is 14.7. The van der Waals surface area contributed by atoms with Crippen LogP contribution in [0.1, 0.15) is 41.6 Å². The number of unbranched alkanes of at least 4 members (excludes halogenated alkanes) is 2. The summed E-state index contributed by atoms with van der Waals surface area (Å²) < 4.78 is 26.9. The van der Waals surface area contributed by atoms with Crippen LogP contribution in [0.25, 0.3) is 11.1 Å². The van der Waals surface area contributed by atoms with E-state index in [0.717, 1.165) is 24.5 Å². The zero-order chi connectivity index (χ0) is 19.4. The molecule has 5 nitrogen and oxygen atoms in total. The minimum atomic E-state index is -0.641. The van der Waals surface area contributed by atoms with Crippen LogP contribution >= 0.6 is 0 Å². The average Bonchev–Trinajstić information content (AvgIpc) is 2.95. The summed E-state index contributed by atoms with van der Waals surface area (Å²) in [5.74, 6) is -1.76. The summed E-state index contributed by atoms with van der Waals surface area (Å²) in [5, 5.41) is 8.44. The van der Waals surface area contributed by atoms with Crippen LogP contribution < -0.4 is 5.48 Å². The summed E-state index contributed by atoms with van der Waals surface area (Å²) in [4.78, 5) is 25.2. The van der Waals surface area contributed by atoms with Gasteiger partial charge in [0.2, 0.25) is 5.91 Å². The number of halogens is 2. The molecule has 2 amide bonds. The number of hydrogen-bond acceptors (Lipinski definition) is 3. The van der Waals surface area contributed by atoms with Crippen LogP contribution in [0.15, 0.2) is 36.4 Å². The Balaban J connectivity index is 1.62. The normalized spacial score (nSPS) is 13.0. The minimum Gasteiger partial charge on any atom is -0.334 e. The van der Waals surface area contributed by atoms with Gasteiger partial charge in [-0.2, -0.15) is 0 Å². The highest BCUT2D eigenvalue weighted by atomic mass is 19.1. The summed E-state index contributed by atoms with van der Waals surface area (Å²) in [7, 11) is 0. The molecule has 0 spiro atoms. The van der Waals surface area contributed by atoms with Gasteiger partial charge in [0, 0.05) is 31.1 Å². The SMILES string of the molecule is O=C(CCCCCN1Cc2cc(-c3cc(F)cc(F)c3)ccc2C1=O)NO.